The molecule has 432 valence electrons. The number of methoxy groups -OCH3 is 6. The van der Waals surface area contributed by atoms with E-state index in [4.69, 9.17) is 51.6 Å². The Labute approximate surface area is 482 Å². The number of rotatable bonds is 19. The molecule has 4 aliphatic heterocycles. The van der Waals surface area contributed by atoms with Crippen LogP contribution in [0.25, 0.3) is 0 Å². The topological polar surface area (TPSA) is 194 Å². The highest BCUT2D eigenvalue weighted by Gasteiger charge is 2.39. The van der Waals surface area contributed by atoms with Gasteiger partial charge in [-0.25, -0.2) is 18.0 Å². The van der Waals surface area contributed by atoms with Crippen LogP contribution in [0, 0.1) is 11.8 Å². The van der Waals surface area contributed by atoms with Crippen LogP contribution in [0.15, 0.2) is 72.8 Å². The SMILES string of the molecule is COc1cc(NC(=O)N[C@@H]2CN(CCS(C)(=O)=O)C[C@H]2N2CCC(Cc3ccc(Cl)cc3)CC2)cc(OC)c1OC.COc1cc(NC(=O)N[C@@H]2CNC[C@H]2N2CCC(Cc3ccc(Cl)cc3)CC2)cc(OC)c1OC.Cl.Cl. The monoisotopic (exact) mass is 1180 g/mol. The highest BCUT2D eigenvalue weighted by Crippen LogP contribution is 2.41. The molecule has 4 fully saturated rings. The number of urea groups is 2. The minimum atomic E-state index is -3.09. The van der Waals surface area contributed by atoms with Crippen molar-refractivity contribution in [3.8, 4) is 34.5 Å². The van der Waals surface area contributed by atoms with E-state index in [-0.39, 0.29) is 66.8 Å². The summed E-state index contributed by atoms with van der Waals surface area (Å²) in [4.78, 5) is 33.1. The van der Waals surface area contributed by atoms with E-state index in [0.29, 0.717) is 77.3 Å². The van der Waals surface area contributed by atoms with E-state index in [2.05, 4.69) is 65.5 Å². The Kier molecular flexibility index (Phi) is 25.2. The summed E-state index contributed by atoms with van der Waals surface area (Å²) >= 11 is 12.1. The van der Waals surface area contributed by atoms with Crippen LogP contribution < -0.4 is 55.0 Å². The fourth-order valence-electron chi connectivity index (χ4n) is 10.9. The third-order valence-corrected chi connectivity index (χ3v) is 16.3. The number of likely N-dealkylation sites (tertiary alicyclic amines) is 3. The molecule has 0 radical (unpaired) electrons. The lowest BCUT2D eigenvalue weighted by molar-refractivity contribution is 0.122. The summed E-state index contributed by atoms with van der Waals surface area (Å²) in [6.07, 6.45) is 7.81. The molecule has 4 amide bonds. The molecule has 18 nitrogen and oxygen atoms in total. The third kappa shape index (κ3) is 18.1. The van der Waals surface area contributed by atoms with Crippen LogP contribution in [0.2, 0.25) is 10.0 Å². The molecule has 0 bridgehead atoms. The molecule has 23 heteroatoms. The first kappa shape index (κ1) is 64.0. The van der Waals surface area contributed by atoms with Crippen molar-refractivity contribution in [2.45, 2.75) is 62.7 Å². The highest BCUT2D eigenvalue weighted by molar-refractivity contribution is 7.90. The van der Waals surface area contributed by atoms with Crippen LogP contribution in [0.5, 0.6) is 34.5 Å². The fourth-order valence-corrected chi connectivity index (χ4v) is 11.8. The van der Waals surface area contributed by atoms with Gasteiger partial charge in [-0.15, -0.1) is 24.8 Å². The van der Waals surface area contributed by atoms with Crippen molar-refractivity contribution >= 4 is 81.3 Å². The van der Waals surface area contributed by atoms with Crippen LogP contribution in [-0.2, 0) is 22.7 Å². The molecule has 4 aromatic carbocycles. The first-order valence-corrected chi connectivity index (χ1v) is 28.7. The van der Waals surface area contributed by atoms with Crippen molar-refractivity contribution in [2.24, 2.45) is 11.8 Å². The zero-order valence-corrected chi connectivity index (χ0v) is 49.6. The first-order chi connectivity index (χ1) is 36.6. The minimum absolute atomic E-state index is 0. The molecule has 4 aromatic rings. The van der Waals surface area contributed by atoms with Gasteiger partial charge in [-0.05, 0) is 112 Å². The highest BCUT2D eigenvalue weighted by atomic mass is 35.5. The molecule has 0 saturated carbocycles. The van der Waals surface area contributed by atoms with Crippen molar-refractivity contribution in [3.05, 3.63) is 94.0 Å². The van der Waals surface area contributed by atoms with Gasteiger partial charge in [0.05, 0.1) is 71.9 Å². The molecule has 4 heterocycles. The number of carbonyl (C=O) groups excluding carboxylic acids is 2. The third-order valence-electron chi connectivity index (χ3n) is 14.9. The smallest absolute Gasteiger partial charge is 0.319 e. The van der Waals surface area contributed by atoms with Crippen molar-refractivity contribution in [1.82, 2.24) is 30.7 Å². The van der Waals surface area contributed by atoms with Gasteiger partial charge in [0.15, 0.2) is 23.0 Å². The standard InChI is InChI=1S/C29H41ClN4O6S.C26H35ClN4O4.2ClH/c1-38-26-16-23(17-27(39-2)28(26)40-3)31-29(35)32-24-18-33(13-14-41(4,36)37)19-25(24)34-11-9-21(10-12-34)15-20-5-7-22(30)8-6-20;1-33-23-13-20(14-24(34-2)25(23)35-3)29-26(32)30-21-15-28-16-22(21)31-10-8-18(9-11-31)12-17-4-6-19(27)7-5-17;;/h5-8,16-17,21,24-25H,9-15,18-19H2,1-4H3,(H2,31,32,35);4-7,13-14,18,21-22,28H,8-12,15-16H2,1-3H3,(H2,29,30,32);2*1H/t24-,25-;21-,22-;;/m11../s1. The fraction of sp³-hybridized carbons (Fsp3) is 0.527. The molecule has 5 N–H and O–H groups in total. The number of ether oxygens (including phenoxy) is 6. The van der Waals surface area contributed by atoms with E-state index in [9.17, 15) is 18.0 Å². The lowest BCUT2D eigenvalue weighted by Crippen LogP contribution is -2.54. The Bertz CT molecular complexity index is 2600. The normalized spacial score (nSPS) is 20.2. The summed E-state index contributed by atoms with van der Waals surface area (Å²) in [6.45, 7) is 7.27. The van der Waals surface area contributed by atoms with Crippen molar-refractivity contribution in [1.29, 1.82) is 0 Å². The second kappa shape index (κ2) is 30.7. The average Bonchev–Trinajstić information content (AvgIpc) is 4.05. The second-order valence-electron chi connectivity index (χ2n) is 20.0. The number of amides is 4. The van der Waals surface area contributed by atoms with Gasteiger partial charge < -0.3 is 55.0 Å². The number of nitrogens with zero attached hydrogens (tertiary/aromatic N) is 3. The molecule has 4 saturated heterocycles. The van der Waals surface area contributed by atoms with Gasteiger partial charge in [0.25, 0.3) is 0 Å². The number of benzene rings is 4. The number of sulfone groups is 1. The zero-order valence-electron chi connectivity index (χ0n) is 45.6. The largest absolute Gasteiger partial charge is 0.493 e. The summed E-state index contributed by atoms with van der Waals surface area (Å²) in [5, 5.41) is 17.1. The van der Waals surface area contributed by atoms with Gasteiger partial charge in [0.1, 0.15) is 9.84 Å². The Balaban J connectivity index is 0.000000283. The lowest BCUT2D eigenvalue weighted by atomic mass is 9.89. The lowest BCUT2D eigenvalue weighted by Gasteiger charge is -2.38. The van der Waals surface area contributed by atoms with E-state index >= 15 is 0 Å². The number of hydrogen-bond acceptors (Lipinski definition) is 14. The molecular formula is C55H78Cl4N8O10S. The van der Waals surface area contributed by atoms with Crippen LogP contribution in [0.3, 0.4) is 0 Å². The average molecular weight is 1190 g/mol. The summed E-state index contributed by atoms with van der Waals surface area (Å²) < 4.78 is 56.0. The molecule has 0 spiro atoms. The van der Waals surface area contributed by atoms with Gasteiger partial charge in [0.2, 0.25) is 11.5 Å². The zero-order chi connectivity index (χ0) is 54.4. The molecule has 8 rings (SSSR count). The Morgan fingerprint density at radius 2 is 0.974 bits per heavy atom. The molecule has 0 aliphatic carbocycles. The molecule has 4 atom stereocenters. The van der Waals surface area contributed by atoms with E-state index in [1.807, 2.05) is 24.3 Å². The first-order valence-electron chi connectivity index (χ1n) is 25.9. The van der Waals surface area contributed by atoms with Crippen LogP contribution in [0.1, 0.15) is 36.8 Å². The van der Waals surface area contributed by atoms with Gasteiger partial charge in [-0.1, -0.05) is 47.5 Å². The summed E-state index contributed by atoms with van der Waals surface area (Å²) in [5.74, 6) is 4.14. The minimum Gasteiger partial charge on any atom is -0.493 e. The van der Waals surface area contributed by atoms with E-state index in [1.165, 1.54) is 38.7 Å². The number of piperidine rings is 2. The summed E-state index contributed by atoms with van der Waals surface area (Å²) in [6, 6.07) is 22.7. The van der Waals surface area contributed by atoms with Gasteiger partial charge in [-0.2, -0.15) is 0 Å². The molecule has 78 heavy (non-hydrogen) atoms. The number of carbonyl (C=O) groups is 2. The van der Waals surface area contributed by atoms with E-state index in [0.717, 1.165) is 87.8 Å². The molecule has 4 aliphatic rings. The molecular weight excluding hydrogens is 1110 g/mol. The van der Waals surface area contributed by atoms with Crippen molar-refractivity contribution < 1.29 is 46.4 Å². The van der Waals surface area contributed by atoms with Gasteiger partial charge in [-0.3, -0.25) is 14.7 Å². The number of hydrogen-bond donors (Lipinski definition) is 5. The van der Waals surface area contributed by atoms with Crippen molar-refractivity contribution in [3.63, 3.8) is 0 Å². The summed E-state index contributed by atoms with van der Waals surface area (Å²) in [7, 11) is 6.13. The van der Waals surface area contributed by atoms with Crippen LogP contribution in [0.4, 0.5) is 21.0 Å². The number of nitrogens with one attached hydrogen (secondary N) is 5. The second-order valence-corrected chi connectivity index (χ2v) is 23.2. The maximum atomic E-state index is 13.2. The van der Waals surface area contributed by atoms with E-state index in [1.54, 1.807) is 45.6 Å². The molecule has 0 aromatic heterocycles. The van der Waals surface area contributed by atoms with Gasteiger partial charge >= 0.3 is 12.1 Å². The van der Waals surface area contributed by atoms with Gasteiger partial charge in [0, 0.05) is 85.4 Å². The van der Waals surface area contributed by atoms with E-state index < -0.39 is 9.84 Å². The maximum Gasteiger partial charge on any atom is 0.319 e. The van der Waals surface area contributed by atoms with Crippen molar-refractivity contribution in [2.75, 3.05) is 124 Å². The Hall–Kier alpha value is -4.83. The predicted molar refractivity (Wildman–Crippen MR) is 314 cm³/mol. The molecule has 0 unspecified atom stereocenters. The Morgan fingerprint density at radius 1 is 0.577 bits per heavy atom. The predicted octanol–water partition coefficient (Wildman–Crippen LogP) is 8.17. The summed E-state index contributed by atoms with van der Waals surface area (Å²) in [5.41, 5.74) is 3.72. The van der Waals surface area contributed by atoms with Crippen LogP contribution >= 0.6 is 48.0 Å². The number of halogens is 4. The maximum absolute atomic E-state index is 13.2. The van der Waals surface area contributed by atoms with Crippen LogP contribution in [-0.4, -0.2) is 173 Å². The number of anilines is 2. The Morgan fingerprint density at radius 3 is 1.36 bits per heavy atom. The quantitative estimate of drug-likeness (QED) is 0.0604.